The van der Waals surface area contributed by atoms with Crippen LogP contribution in [0.4, 0.5) is 0 Å². The average molecular weight is 344 g/mol. The summed E-state index contributed by atoms with van der Waals surface area (Å²) >= 11 is 0. The van der Waals surface area contributed by atoms with Crippen LogP contribution in [-0.4, -0.2) is 23.0 Å². The van der Waals surface area contributed by atoms with E-state index in [1.54, 1.807) is 0 Å². The molecule has 0 radical (unpaired) electrons. The zero-order chi connectivity index (χ0) is 18.6. The number of hydrogen-bond acceptors (Lipinski definition) is 4. The lowest BCUT2D eigenvalue weighted by Gasteiger charge is -2.36. The highest BCUT2D eigenvalue weighted by Crippen LogP contribution is 2.40. The van der Waals surface area contributed by atoms with Crippen LogP contribution in [0.2, 0.25) is 0 Å². The predicted molar refractivity (Wildman–Crippen MR) is 101 cm³/mol. The molecule has 1 aromatic heterocycles. The molecule has 2 aromatic rings. The van der Waals surface area contributed by atoms with Crippen molar-refractivity contribution in [1.82, 2.24) is 9.88 Å². The summed E-state index contributed by atoms with van der Waals surface area (Å²) in [6, 6.07) is 18.4. The second-order valence-corrected chi connectivity index (χ2v) is 7.65. The van der Waals surface area contributed by atoms with Gasteiger partial charge in [0.05, 0.1) is 34.3 Å². The van der Waals surface area contributed by atoms with Crippen molar-refractivity contribution in [3.63, 3.8) is 0 Å². The summed E-state index contributed by atoms with van der Waals surface area (Å²) in [5, 5.41) is 18.8. The summed E-state index contributed by atoms with van der Waals surface area (Å²) in [7, 11) is 0. The molecule has 0 saturated carbocycles. The standard InChI is InChI=1S/C22H24N4/c1-21(2,20-5-3-4-13-25-20)26-14-12-22(16-24,17-26)11-10-18-6-8-19(15-23)9-7-18/h3-9,13H,10-12,14,17H2,1-2H3/t22-/m0/s1. The van der Waals surface area contributed by atoms with Gasteiger partial charge in [0.2, 0.25) is 0 Å². The van der Waals surface area contributed by atoms with Crippen LogP contribution < -0.4 is 0 Å². The minimum atomic E-state index is -0.319. The minimum absolute atomic E-state index is 0.186. The van der Waals surface area contributed by atoms with Crippen LogP contribution in [0.5, 0.6) is 0 Å². The molecule has 2 heterocycles. The van der Waals surface area contributed by atoms with E-state index in [1.807, 2.05) is 42.6 Å². The molecule has 4 nitrogen and oxygen atoms in total. The third-order valence-electron chi connectivity index (χ3n) is 5.65. The molecule has 4 heteroatoms. The SMILES string of the molecule is CC(C)(c1ccccn1)N1CC[C@](C#N)(CCc2ccc(C#N)cc2)C1. The molecule has 0 amide bonds. The summed E-state index contributed by atoms with van der Waals surface area (Å²) in [5.74, 6) is 0. The molecule has 1 aliphatic rings. The van der Waals surface area contributed by atoms with Crippen molar-refractivity contribution < 1.29 is 0 Å². The van der Waals surface area contributed by atoms with Crippen LogP contribution in [0.3, 0.4) is 0 Å². The maximum absolute atomic E-state index is 9.90. The Labute approximate surface area is 155 Å². The molecule has 0 unspecified atom stereocenters. The van der Waals surface area contributed by atoms with Gasteiger partial charge in [-0.3, -0.25) is 9.88 Å². The van der Waals surface area contributed by atoms with Crippen LogP contribution in [0.25, 0.3) is 0 Å². The van der Waals surface area contributed by atoms with Crippen LogP contribution >= 0.6 is 0 Å². The lowest BCUT2D eigenvalue weighted by Crippen LogP contribution is -2.41. The van der Waals surface area contributed by atoms with E-state index in [0.29, 0.717) is 5.56 Å². The monoisotopic (exact) mass is 344 g/mol. The highest BCUT2D eigenvalue weighted by Gasteiger charge is 2.44. The highest BCUT2D eigenvalue weighted by molar-refractivity contribution is 5.31. The van der Waals surface area contributed by atoms with Gasteiger partial charge in [0, 0.05) is 19.3 Å². The van der Waals surface area contributed by atoms with Crippen molar-refractivity contribution in [2.45, 2.75) is 38.6 Å². The van der Waals surface area contributed by atoms with Crippen molar-refractivity contribution in [2.75, 3.05) is 13.1 Å². The van der Waals surface area contributed by atoms with E-state index in [1.165, 1.54) is 5.56 Å². The van der Waals surface area contributed by atoms with Gasteiger partial charge in [0.1, 0.15) is 0 Å². The summed E-state index contributed by atoms with van der Waals surface area (Å²) in [6.45, 7) is 6.04. The molecular formula is C22H24N4. The lowest BCUT2D eigenvalue weighted by atomic mass is 9.82. The third-order valence-corrected chi connectivity index (χ3v) is 5.65. The first-order valence-electron chi connectivity index (χ1n) is 9.06. The molecule has 3 rings (SSSR count). The molecule has 1 saturated heterocycles. The molecule has 1 aromatic carbocycles. The molecule has 26 heavy (non-hydrogen) atoms. The molecule has 132 valence electrons. The molecule has 1 aliphatic heterocycles. The van der Waals surface area contributed by atoms with Crippen LogP contribution in [0.1, 0.15) is 43.5 Å². The summed E-state index contributed by atoms with van der Waals surface area (Å²) in [4.78, 5) is 6.91. The molecule has 0 spiro atoms. The normalized spacial score (nSPS) is 20.5. The van der Waals surface area contributed by atoms with E-state index in [9.17, 15) is 5.26 Å². The number of nitriles is 2. The fourth-order valence-corrected chi connectivity index (χ4v) is 3.72. The Bertz CT molecular complexity index is 827. The van der Waals surface area contributed by atoms with Gasteiger partial charge in [-0.25, -0.2) is 0 Å². The molecule has 1 fully saturated rings. The summed E-state index contributed by atoms with van der Waals surface area (Å²) < 4.78 is 0. The predicted octanol–water partition coefficient (Wildman–Crippen LogP) is 4.04. The number of aryl methyl sites for hydroxylation is 1. The van der Waals surface area contributed by atoms with Crippen LogP contribution in [0.15, 0.2) is 48.7 Å². The summed E-state index contributed by atoms with van der Waals surface area (Å²) in [5.41, 5.74) is 2.39. The van der Waals surface area contributed by atoms with Gasteiger partial charge < -0.3 is 0 Å². The first-order chi connectivity index (χ1) is 12.5. The van der Waals surface area contributed by atoms with Crippen molar-refractivity contribution in [3.05, 3.63) is 65.5 Å². The van der Waals surface area contributed by atoms with Crippen LogP contribution in [0, 0.1) is 28.1 Å². The largest absolute Gasteiger partial charge is 0.291 e. The van der Waals surface area contributed by atoms with Crippen molar-refractivity contribution in [2.24, 2.45) is 5.41 Å². The zero-order valence-electron chi connectivity index (χ0n) is 15.4. The minimum Gasteiger partial charge on any atom is -0.291 e. The first-order valence-corrected chi connectivity index (χ1v) is 9.06. The van der Waals surface area contributed by atoms with Gasteiger partial charge in [0.25, 0.3) is 0 Å². The smallest absolute Gasteiger partial charge is 0.0991 e. The quantitative estimate of drug-likeness (QED) is 0.821. The molecular weight excluding hydrogens is 320 g/mol. The summed E-state index contributed by atoms with van der Waals surface area (Å²) in [6.07, 6.45) is 4.41. The Morgan fingerprint density at radius 2 is 1.92 bits per heavy atom. The van der Waals surface area contributed by atoms with Crippen molar-refractivity contribution >= 4 is 0 Å². The first kappa shape index (κ1) is 18.1. The van der Waals surface area contributed by atoms with Gasteiger partial charge in [-0.05, 0) is 62.9 Å². The van der Waals surface area contributed by atoms with Crippen molar-refractivity contribution in [1.29, 1.82) is 10.5 Å². The molecule has 0 N–H and O–H groups in total. The number of aromatic nitrogens is 1. The second kappa shape index (κ2) is 7.28. The van der Waals surface area contributed by atoms with Gasteiger partial charge >= 0.3 is 0 Å². The van der Waals surface area contributed by atoms with Gasteiger partial charge in [-0.15, -0.1) is 0 Å². The van der Waals surface area contributed by atoms with E-state index < -0.39 is 0 Å². The van der Waals surface area contributed by atoms with Gasteiger partial charge in [0.15, 0.2) is 0 Å². The molecule has 0 aliphatic carbocycles. The van der Waals surface area contributed by atoms with E-state index in [4.69, 9.17) is 5.26 Å². The fraction of sp³-hybridized carbons (Fsp3) is 0.409. The third kappa shape index (κ3) is 3.62. The van der Waals surface area contributed by atoms with E-state index in [-0.39, 0.29) is 11.0 Å². The topological polar surface area (TPSA) is 63.7 Å². The Kier molecular flexibility index (Phi) is 5.07. The maximum atomic E-state index is 9.90. The Morgan fingerprint density at radius 3 is 2.54 bits per heavy atom. The highest BCUT2D eigenvalue weighted by atomic mass is 15.2. The Balaban J connectivity index is 1.69. The number of rotatable bonds is 5. The number of likely N-dealkylation sites (tertiary alicyclic amines) is 1. The van der Waals surface area contributed by atoms with E-state index >= 15 is 0 Å². The number of benzene rings is 1. The van der Waals surface area contributed by atoms with Crippen LogP contribution in [-0.2, 0) is 12.0 Å². The fourth-order valence-electron chi connectivity index (χ4n) is 3.72. The van der Waals surface area contributed by atoms with Gasteiger partial charge in [-0.1, -0.05) is 18.2 Å². The number of nitrogens with zero attached hydrogens (tertiary/aromatic N) is 4. The number of pyridine rings is 1. The Morgan fingerprint density at radius 1 is 1.15 bits per heavy atom. The van der Waals surface area contributed by atoms with E-state index in [2.05, 4.69) is 41.9 Å². The molecule has 1 atom stereocenters. The maximum Gasteiger partial charge on any atom is 0.0991 e. The van der Waals surface area contributed by atoms with E-state index in [0.717, 1.165) is 38.0 Å². The average Bonchev–Trinajstić information content (AvgIpc) is 3.13. The van der Waals surface area contributed by atoms with Crippen molar-refractivity contribution in [3.8, 4) is 12.1 Å². The number of hydrogen-bond donors (Lipinski definition) is 0. The second-order valence-electron chi connectivity index (χ2n) is 7.65. The van der Waals surface area contributed by atoms with Gasteiger partial charge in [-0.2, -0.15) is 10.5 Å². The zero-order valence-corrected chi connectivity index (χ0v) is 15.4. The molecule has 0 bridgehead atoms. The lowest BCUT2D eigenvalue weighted by molar-refractivity contribution is 0.136. The Hall–Kier alpha value is -2.69.